The van der Waals surface area contributed by atoms with Crippen LogP contribution in [0.4, 0.5) is 0 Å². The zero-order valence-corrected chi connectivity index (χ0v) is 13.9. The van der Waals surface area contributed by atoms with Gasteiger partial charge in [-0.2, -0.15) is 0 Å². The van der Waals surface area contributed by atoms with Gasteiger partial charge in [0.15, 0.2) is 17.3 Å². The van der Waals surface area contributed by atoms with Crippen LogP contribution in [0.25, 0.3) is 0 Å². The summed E-state index contributed by atoms with van der Waals surface area (Å²) in [5.74, 6) is 1.18. The number of methoxy groups -OCH3 is 1. The van der Waals surface area contributed by atoms with Gasteiger partial charge in [0.25, 0.3) is 0 Å². The molecule has 2 rings (SSSR count). The van der Waals surface area contributed by atoms with E-state index in [1.807, 2.05) is 0 Å². The molecular weight excluding hydrogens is 298 g/mol. The van der Waals surface area contributed by atoms with Gasteiger partial charge in [-0.1, -0.05) is 0 Å². The van der Waals surface area contributed by atoms with Gasteiger partial charge in [-0.3, -0.25) is 9.69 Å². The molecule has 0 spiro atoms. The predicted octanol–water partition coefficient (Wildman–Crippen LogP) is 1.63. The minimum Gasteiger partial charge on any atom is -0.493 e. The summed E-state index contributed by atoms with van der Waals surface area (Å²) >= 11 is 0. The maximum atomic E-state index is 11.4. The normalized spacial score (nSPS) is 15.4. The van der Waals surface area contributed by atoms with Crippen molar-refractivity contribution in [2.45, 2.75) is 6.92 Å². The number of hydrogen-bond acceptors (Lipinski definition) is 6. The first-order chi connectivity index (χ1) is 11.2. The maximum absolute atomic E-state index is 11.4. The standard InChI is InChI=1S/C17H25NO5/c1-14(19)15-3-4-16(17(13-15)20-2)23-12-11-22-10-7-18-5-8-21-9-6-18/h3-4,13H,5-12H2,1-2H3. The molecule has 0 bridgehead atoms. The Bertz CT molecular complexity index is 500. The third kappa shape index (κ3) is 5.82. The Balaban J connectivity index is 1.66. The molecule has 0 aromatic heterocycles. The SMILES string of the molecule is COc1cc(C(C)=O)ccc1OCCOCCN1CCOCC1. The fourth-order valence-corrected chi connectivity index (χ4v) is 2.34. The second-order valence-corrected chi connectivity index (χ2v) is 5.34. The molecule has 128 valence electrons. The Morgan fingerprint density at radius 1 is 1.17 bits per heavy atom. The van der Waals surface area contributed by atoms with Gasteiger partial charge < -0.3 is 18.9 Å². The monoisotopic (exact) mass is 323 g/mol. The fraction of sp³-hybridized carbons (Fsp3) is 0.588. The highest BCUT2D eigenvalue weighted by Crippen LogP contribution is 2.28. The van der Waals surface area contributed by atoms with Gasteiger partial charge in [0.1, 0.15) is 6.61 Å². The summed E-state index contributed by atoms with van der Waals surface area (Å²) in [6.07, 6.45) is 0. The van der Waals surface area contributed by atoms with Crippen LogP contribution in [0, 0.1) is 0 Å². The van der Waals surface area contributed by atoms with E-state index in [0.717, 1.165) is 32.8 Å². The minimum absolute atomic E-state index is 0.00120. The van der Waals surface area contributed by atoms with Gasteiger partial charge in [0.05, 0.1) is 33.5 Å². The molecule has 1 fully saturated rings. The summed E-state index contributed by atoms with van der Waals surface area (Å²) in [5.41, 5.74) is 0.607. The van der Waals surface area contributed by atoms with E-state index in [-0.39, 0.29) is 5.78 Å². The van der Waals surface area contributed by atoms with Crippen LogP contribution < -0.4 is 9.47 Å². The van der Waals surface area contributed by atoms with E-state index >= 15 is 0 Å². The Morgan fingerprint density at radius 3 is 2.65 bits per heavy atom. The highest BCUT2D eigenvalue weighted by atomic mass is 16.5. The lowest BCUT2D eigenvalue weighted by atomic mass is 10.1. The van der Waals surface area contributed by atoms with E-state index in [2.05, 4.69) is 4.90 Å². The molecule has 1 saturated heterocycles. The smallest absolute Gasteiger partial charge is 0.161 e. The molecule has 0 atom stereocenters. The molecule has 0 unspecified atom stereocenters. The molecule has 0 radical (unpaired) electrons. The van der Waals surface area contributed by atoms with Crippen LogP contribution in [-0.4, -0.2) is 70.5 Å². The summed E-state index contributed by atoms with van der Waals surface area (Å²) in [7, 11) is 1.56. The van der Waals surface area contributed by atoms with Crippen molar-refractivity contribution in [3.8, 4) is 11.5 Å². The number of carbonyl (C=O) groups is 1. The summed E-state index contributed by atoms with van der Waals surface area (Å²) < 4.78 is 21.8. The van der Waals surface area contributed by atoms with Crippen LogP contribution in [0.2, 0.25) is 0 Å². The van der Waals surface area contributed by atoms with Gasteiger partial charge in [0.2, 0.25) is 0 Å². The molecule has 23 heavy (non-hydrogen) atoms. The van der Waals surface area contributed by atoms with Crippen molar-refractivity contribution in [2.24, 2.45) is 0 Å². The molecule has 1 aromatic carbocycles. The fourth-order valence-electron chi connectivity index (χ4n) is 2.34. The first-order valence-electron chi connectivity index (χ1n) is 7.90. The maximum Gasteiger partial charge on any atom is 0.161 e. The average Bonchev–Trinajstić information content (AvgIpc) is 2.58. The van der Waals surface area contributed by atoms with E-state index in [9.17, 15) is 4.79 Å². The van der Waals surface area contributed by atoms with Crippen LogP contribution >= 0.6 is 0 Å². The lowest BCUT2D eigenvalue weighted by Crippen LogP contribution is -2.38. The Hall–Kier alpha value is -1.63. The van der Waals surface area contributed by atoms with Crippen molar-refractivity contribution in [1.29, 1.82) is 0 Å². The summed E-state index contributed by atoms with van der Waals surface area (Å²) in [5, 5.41) is 0. The second-order valence-electron chi connectivity index (χ2n) is 5.34. The largest absolute Gasteiger partial charge is 0.493 e. The topological polar surface area (TPSA) is 57.2 Å². The number of ether oxygens (including phenoxy) is 4. The minimum atomic E-state index is 0.00120. The first-order valence-corrected chi connectivity index (χ1v) is 7.90. The van der Waals surface area contributed by atoms with Gasteiger partial charge in [0, 0.05) is 25.2 Å². The summed E-state index contributed by atoms with van der Waals surface area (Å²) in [6.45, 7) is 7.64. The summed E-state index contributed by atoms with van der Waals surface area (Å²) in [4.78, 5) is 13.7. The Morgan fingerprint density at radius 2 is 1.96 bits per heavy atom. The molecule has 6 nitrogen and oxygen atoms in total. The molecule has 1 aliphatic heterocycles. The van der Waals surface area contributed by atoms with Crippen molar-refractivity contribution >= 4 is 5.78 Å². The number of carbonyl (C=O) groups excluding carboxylic acids is 1. The second kappa shape index (κ2) is 9.50. The lowest BCUT2D eigenvalue weighted by molar-refractivity contribution is 0.0169. The van der Waals surface area contributed by atoms with E-state index in [1.54, 1.807) is 25.3 Å². The van der Waals surface area contributed by atoms with Gasteiger partial charge >= 0.3 is 0 Å². The molecule has 0 saturated carbocycles. The molecule has 0 aliphatic carbocycles. The van der Waals surface area contributed by atoms with Crippen molar-refractivity contribution in [1.82, 2.24) is 4.90 Å². The number of morpholine rings is 1. The van der Waals surface area contributed by atoms with Crippen molar-refractivity contribution in [2.75, 3.05) is 59.8 Å². The first kappa shape index (κ1) is 17.7. The molecule has 1 heterocycles. The Kier molecular flexibility index (Phi) is 7.32. The van der Waals surface area contributed by atoms with E-state index in [0.29, 0.717) is 36.9 Å². The van der Waals surface area contributed by atoms with Gasteiger partial charge in [-0.15, -0.1) is 0 Å². The van der Waals surface area contributed by atoms with E-state index in [4.69, 9.17) is 18.9 Å². The number of hydrogen-bond donors (Lipinski definition) is 0. The van der Waals surface area contributed by atoms with E-state index < -0.39 is 0 Å². The van der Waals surface area contributed by atoms with Crippen LogP contribution in [0.15, 0.2) is 18.2 Å². The number of rotatable bonds is 9. The number of nitrogens with zero attached hydrogens (tertiary/aromatic N) is 1. The van der Waals surface area contributed by atoms with Crippen LogP contribution in [-0.2, 0) is 9.47 Å². The van der Waals surface area contributed by atoms with E-state index in [1.165, 1.54) is 6.92 Å². The molecule has 1 aliphatic rings. The zero-order chi connectivity index (χ0) is 16.5. The molecule has 0 N–H and O–H groups in total. The van der Waals surface area contributed by atoms with Crippen LogP contribution in [0.3, 0.4) is 0 Å². The molecule has 1 aromatic rings. The average molecular weight is 323 g/mol. The third-order valence-electron chi connectivity index (χ3n) is 3.71. The van der Waals surface area contributed by atoms with Crippen molar-refractivity contribution in [3.05, 3.63) is 23.8 Å². The number of Topliss-reactive ketones (excluding diaryl/α,β-unsaturated/α-hetero) is 1. The lowest BCUT2D eigenvalue weighted by Gasteiger charge is -2.26. The highest BCUT2D eigenvalue weighted by molar-refractivity contribution is 5.94. The molecule has 6 heteroatoms. The third-order valence-corrected chi connectivity index (χ3v) is 3.71. The van der Waals surface area contributed by atoms with Crippen molar-refractivity contribution < 1.29 is 23.7 Å². The quantitative estimate of drug-likeness (QED) is 0.508. The van der Waals surface area contributed by atoms with Crippen LogP contribution in [0.1, 0.15) is 17.3 Å². The van der Waals surface area contributed by atoms with Gasteiger partial charge in [-0.05, 0) is 25.1 Å². The highest BCUT2D eigenvalue weighted by Gasteiger charge is 2.10. The predicted molar refractivity (Wildman–Crippen MR) is 86.6 cm³/mol. The molecular formula is C17H25NO5. The number of ketones is 1. The summed E-state index contributed by atoms with van der Waals surface area (Å²) in [6, 6.07) is 5.18. The van der Waals surface area contributed by atoms with Gasteiger partial charge in [-0.25, -0.2) is 0 Å². The number of benzene rings is 1. The van der Waals surface area contributed by atoms with Crippen LogP contribution in [0.5, 0.6) is 11.5 Å². The molecule has 0 amide bonds. The Labute approximate surface area is 137 Å². The zero-order valence-electron chi connectivity index (χ0n) is 13.9. The van der Waals surface area contributed by atoms with Crippen molar-refractivity contribution in [3.63, 3.8) is 0 Å².